The average Bonchev–Trinajstić information content (AvgIpc) is 3.60. The van der Waals surface area contributed by atoms with Crippen LogP contribution in [0, 0.1) is 5.92 Å². The van der Waals surface area contributed by atoms with Crippen LogP contribution < -0.4 is 19.7 Å². The van der Waals surface area contributed by atoms with Gasteiger partial charge in [-0.2, -0.15) is 5.10 Å². The number of amides is 2. The number of likely N-dealkylation sites (tertiary alicyclic amines) is 1. The Kier molecular flexibility index (Phi) is 10.1. The summed E-state index contributed by atoms with van der Waals surface area (Å²) in [6, 6.07) is 23.8. The molecule has 10 heteroatoms. The van der Waals surface area contributed by atoms with Gasteiger partial charge in [-0.25, -0.2) is 5.01 Å². The van der Waals surface area contributed by atoms with E-state index in [1.807, 2.05) is 65.6 Å². The minimum absolute atomic E-state index is 0.0239. The molecule has 48 heavy (non-hydrogen) atoms. The fourth-order valence-electron chi connectivity index (χ4n) is 7.76. The highest BCUT2D eigenvalue weighted by atomic mass is 28.3. The fourth-order valence-corrected chi connectivity index (χ4v) is 11.1. The van der Waals surface area contributed by atoms with E-state index in [0.29, 0.717) is 37.2 Å². The Hall–Kier alpha value is -3.99. The van der Waals surface area contributed by atoms with E-state index in [1.54, 1.807) is 14.2 Å². The van der Waals surface area contributed by atoms with E-state index in [1.165, 1.54) is 10.2 Å². The minimum Gasteiger partial charge on any atom is -0.497 e. The Morgan fingerprint density at radius 1 is 1.06 bits per heavy atom. The molecule has 1 N–H and O–H groups in total. The van der Waals surface area contributed by atoms with E-state index in [4.69, 9.17) is 19.3 Å². The van der Waals surface area contributed by atoms with Crippen molar-refractivity contribution in [3.63, 3.8) is 0 Å². The number of carbonyl (C=O) groups excluding carboxylic acids is 2. The van der Waals surface area contributed by atoms with Crippen molar-refractivity contribution < 1.29 is 28.9 Å². The maximum Gasteiger partial charge on any atom is 0.247 e. The minimum atomic E-state index is -2.39. The van der Waals surface area contributed by atoms with Gasteiger partial charge < -0.3 is 24.2 Å². The van der Waals surface area contributed by atoms with Crippen molar-refractivity contribution in [3.05, 3.63) is 83.9 Å². The molecule has 2 amide bonds. The van der Waals surface area contributed by atoms with Gasteiger partial charge in [0.1, 0.15) is 17.6 Å². The van der Waals surface area contributed by atoms with Crippen molar-refractivity contribution in [1.82, 2.24) is 4.90 Å². The Morgan fingerprint density at radius 3 is 2.50 bits per heavy atom. The lowest BCUT2D eigenvalue weighted by molar-refractivity contribution is -0.133. The van der Waals surface area contributed by atoms with Gasteiger partial charge in [0.15, 0.2) is 0 Å². The molecule has 0 bridgehead atoms. The zero-order chi connectivity index (χ0) is 34.0. The zero-order valence-corrected chi connectivity index (χ0v) is 29.6. The van der Waals surface area contributed by atoms with E-state index in [-0.39, 0.29) is 48.1 Å². The highest BCUT2D eigenvalue weighted by Gasteiger charge is 2.49. The molecule has 0 aromatic heterocycles. The number of ether oxygens (including phenoxy) is 3. The molecule has 3 heterocycles. The van der Waals surface area contributed by atoms with Crippen LogP contribution in [0.2, 0.25) is 18.6 Å². The topological polar surface area (TPSA) is 101 Å². The number of aliphatic hydroxyl groups excluding tert-OH is 1. The number of rotatable bonds is 10. The quantitative estimate of drug-likeness (QED) is 0.280. The second-order valence-electron chi connectivity index (χ2n) is 13.8. The van der Waals surface area contributed by atoms with E-state index in [2.05, 4.69) is 32.2 Å². The lowest BCUT2D eigenvalue weighted by Crippen LogP contribution is -2.55. The van der Waals surface area contributed by atoms with Crippen LogP contribution in [0.3, 0.4) is 0 Å². The maximum absolute atomic E-state index is 14.0. The lowest BCUT2D eigenvalue weighted by Gasteiger charge is -2.46. The first kappa shape index (κ1) is 33.9. The van der Waals surface area contributed by atoms with Gasteiger partial charge in [-0.05, 0) is 48.7 Å². The summed E-state index contributed by atoms with van der Waals surface area (Å²) in [5, 5.41) is 17.5. The second kappa shape index (κ2) is 14.2. The average molecular weight is 670 g/mol. The number of hydrogen-bond donors (Lipinski definition) is 1. The standard InChI is InChI=1S/C38H47N3O6Si/c1-25-37(46-3)31-22-27(41-35(43)20-18-32(39-41)26-10-7-6-8-11-26)13-19-33(31)47-38(25)34(23-36(44)40-21-9-12-28(40)24-42)48(4,5)30-16-14-29(45-2)15-17-30/h6-8,10-11,13-17,19,22,25,28,34,37-38,42H,9,12,18,20-21,23-24H2,1-5H3/t25-,28+,34?,37-,38-/m1/s1. The molecule has 3 aliphatic heterocycles. The Bertz CT molecular complexity index is 1650. The van der Waals surface area contributed by atoms with Gasteiger partial charge in [0.2, 0.25) is 11.8 Å². The third kappa shape index (κ3) is 6.53. The summed E-state index contributed by atoms with van der Waals surface area (Å²) >= 11 is 0. The van der Waals surface area contributed by atoms with Crippen LogP contribution in [0.25, 0.3) is 0 Å². The van der Waals surface area contributed by atoms with Crippen molar-refractivity contribution in [2.45, 2.75) is 75.9 Å². The molecule has 3 aromatic carbocycles. The Balaban J connectivity index is 1.35. The number of hydrazone groups is 1. The van der Waals surface area contributed by atoms with Crippen LogP contribution in [0.4, 0.5) is 5.69 Å². The third-order valence-electron chi connectivity index (χ3n) is 10.7. The van der Waals surface area contributed by atoms with E-state index >= 15 is 0 Å². The van der Waals surface area contributed by atoms with Crippen molar-refractivity contribution in [3.8, 4) is 11.5 Å². The van der Waals surface area contributed by atoms with Gasteiger partial charge >= 0.3 is 0 Å². The van der Waals surface area contributed by atoms with Crippen LogP contribution in [0.15, 0.2) is 77.9 Å². The van der Waals surface area contributed by atoms with Gasteiger partial charge in [0.05, 0.1) is 45.3 Å². The SMILES string of the molecule is COc1ccc([Si](C)(C)C(CC(=O)N2CCC[C@H]2CO)[C@@H]2Oc3ccc(N4N=C(c5ccccc5)CCC4=O)cc3[C@H](OC)[C@H]2C)cc1. The number of carbonyl (C=O) groups is 2. The Labute approximate surface area is 284 Å². The molecule has 0 aliphatic carbocycles. The molecule has 6 rings (SSSR count). The highest BCUT2D eigenvalue weighted by molar-refractivity contribution is 6.91. The van der Waals surface area contributed by atoms with Gasteiger partial charge in [-0.1, -0.05) is 67.7 Å². The van der Waals surface area contributed by atoms with Crippen LogP contribution in [-0.4, -0.2) is 75.1 Å². The van der Waals surface area contributed by atoms with Gasteiger partial charge in [-0.15, -0.1) is 0 Å². The number of methoxy groups -OCH3 is 2. The normalized spacial score (nSPS) is 23.3. The summed E-state index contributed by atoms with van der Waals surface area (Å²) in [7, 11) is 0.982. The first-order chi connectivity index (χ1) is 23.2. The van der Waals surface area contributed by atoms with E-state index in [9.17, 15) is 14.7 Å². The van der Waals surface area contributed by atoms with Crippen molar-refractivity contribution >= 4 is 36.5 Å². The van der Waals surface area contributed by atoms with Crippen LogP contribution in [0.5, 0.6) is 11.5 Å². The second-order valence-corrected chi connectivity index (χ2v) is 18.5. The number of anilines is 1. The molecule has 3 aliphatic rings. The number of nitrogens with zero attached hydrogens (tertiary/aromatic N) is 3. The molecule has 0 saturated carbocycles. The number of hydrogen-bond acceptors (Lipinski definition) is 7. The van der Waals surface area contributed by atoms with Gasteiger partial charge in [0, 0.05) is 49.9 Å². The summed E-state index contributed by atoms with van der Waals surface area (Å²) < 4.78 is 18.6. The van der Waals surface area contributed by atoms with Gasteiger partial charge in [-0.3, -0.25) is 9.59 Å². The summed E-state index contributed by atoms with van der Waals surface area (Å²) in [5.74, 6) is 1.38. The molecular weight excluding hydrogens is 623 g/mol. The number of fused-ring (bicyclic) bond motifs is 1. The summed E-state index contributed by atoms with van der Waals surface area (Å²) in [6.07, 6.45) is 2.37. The Morgan fingerprint density at radius 2 is 1.81 bits per heavy atom. The molecule has 254 valence electrons. The first-order valence-electron chi connectivity index (χ1n) is 17.0. The number of aliphatic hydroxyl groups is 1. The molecule has 1 saturated heterocycles. The van der Waals surface area contributed by atoms with Crippen LogP contribution in [0.1, 0.15) is 56.3 Å². The van der Waals surface area contributed by atoms with Crippen molar-refractivity contribution in [2.75, 3.05) is 32.4 Å². The molecule has 5 atom stereocenters. The first-order valence-corrected chi connectivity index (χ1v) is 20.1. The molecule has 0 radical (unpaired) electrons. The predicted molar refractivity (Wildman–Crippen MR) is 190 cm³/mol. The van der Waals surface area contributed by atoms with E-state index in [0.717, 1.165) is 35.4 Å². The molecule has 3 aromatic rings. The highest BCUT2D eigenvalue weighted by Crippen LogP contribution is 2.48. The maximum atomic E-state index is 14.0. The molecule has 1 unspecified atom stereocenters. The smallest absolute Gasteiger partial charge is 0.247 e. The summed E-state index contributed by atoms with van der Waals surface area (Å²) in [5.41, 5.74) is 3.32. The van der Waals surface area contributed by atoms with Crippen LogP contribution in [-0.2, 0) is 14.3 Å². The molecular formula is C38H47N3O6Si. The largest absolute Gasteiger partial charge is 0.497 e. The number of benzene rings is 3. The monoisotopic (exact) mass is 669 g/mol. The van der Waals surface area contributed by atoms with Crippen molar-refractivity contribution in [2.24, 2.45) is 11.0 Å². The zero-order valence-electron chi connectivity index (χ0n) is 28.6. The summed E-state index contributed by atoms with van der Waals surface area (Å²) in [6.45, 7) is 7.39. The fraction of sp³-hybridized carbons (Fsp3) is 0.447. The van der Waals surface area contributed by atoms with Crippen molar-refractivity contribution in [1.29, 1.82) is 0 Å². The molecule has 9 nitrogen and oxygen atoms in total. The van der Waals surface area contributed by atoms with E-state index < -0.39 is 8.07 Å². The third-order valence-corrected chi connectivity index (χ3v) is 14.9. The lowest BCUT2D eigenvalue weighted by atomic mass is 9.86. The molecule has 0 spiro atoms. The van der Waals surface area contributed by atoms with Crippen LogP contribution >= 0.6 is 0 Å². The predicted octanol–water partition coefficient (Wildman–Crippen LogP) is 5.67. The molecule has 1 fully saturated rings. The summed E-state index contributed by atoms with van der Waals surface area (Å²) in [4.78, 5) is 29.0. The van der Waals surface area contributed by atoms with Gasteiger partial charge in [0.25, 0.3) is 0 Å².